The minimum absolute atomic E-state index is 0.136. The Bertz CT molecular complexity index is 407. The topological polar surface area (TPSA) is 46.3 Å². The Morgan fingerprint density at radius 3 is 3.06 bits per heavy atom. The molecule has 0 bridgehead atoms. The summed E-state index contributed by atoms with van der Waals surface area (Å²) in [4.78, 5) is 14.2. The molecule has 2 unspecified atom stereocenters. The molecule has 1 aliphatic rings. The largest absolute Gasteiger partial charge is 0.338 e. The highest BCUT2D eigenvalue weighted by Crippen LogP contribution is 2.24. The van der Waals surface area contributed by atoms with E-state index in [0.29, 0.717) is 5.92 Å². The molecule has 1 aliphatic heterocycles. The first kappa shape index (κ1) is 13.1. The fraction of sp³-hybridized carbons (Fsp3) is 0.583. The van der Waals surface area contributed by atoms with Crippen LogP contribution < -0.4 is 5.73 Å². The van der Waals surface area contributed by atoms with Crippen molar-refractivity contribution >= 4 is 33.2 Å². The van der Waals surface area contributed by atoms with Crippen LogP contribution in [0.5, 0.6) is 0 Å². The Kier molecular flexibility index (Phi) is 4.22. The van der Waals surface area contributed by atoms with Gasteiger partial charge >= 0.3 is 0 Å². The summed E-state index contributed by atoms with van der Waals surface area (Å²) in [6.07, 6.45) is 1.95. The molecule has 1 aromatic heterocycles. The molecule has 94 valence electrons. The number of hydrogen-bond donors (Lipinski definition) is 1. The molecule has 0 spiro atoms. The molecule has 3 nitrogen and oxygen atoms in total. The van der Waals surface area contributed by atoms with E-state index in [-0.39, 0.29) is 11.9 Å². The van der Waals surface area contributed by atoms with Crippen LogP contribution in [-0.4, -0.2) is 29.9 Å². The monoisotopic (exact) mass is 316 g/mol. The van der Waals surface area contributed by atoms with Crippen molar-refractivity contribution in [2.75, 3.05) is 13.1 Å². The maximum Gasteiger partial charge on any atom is 0.254 e. The first-order chi connectivity index (χ1) is 8.11. The third-order valence-corrected chi connectivity index (χ3v) is 4.92. The zero-order chi connectivity index (χ0) is 12.4. The lowest BCUT2D eigenvalue weighted by molar-refractivity contribution is 0.0649. The summed E-state index contributed by atoms with van der Waals surface area (Å²) in [6.45, 7) is 3.72. The Morgan fingerprint density at radius 2 is 2.47 bits per heavy atom. The second-order valence-electron chi connectivity index (χ2n) is 4.51. The molecule has 2 atom stereocenters. The third-order valence-electron chi connectivity index (χ3n) is 3.42. The van der Waals surface area contributed by atoms with E-state index in [9.17, 15) is 4.79 Å². The average molecular weight is 317 g/mol. The van der Waals surface area contributed by atoms with Crippen LogP contribution in [0.15, 0.2) is 15.2 Å². The Balaban J connectivity index is 2.05. The standard InChI is InChI=1S/C12H17BrN2OS/c1-2-8-6-15(4-3-10(8)14)12(16)9-5-11(13)17-7-9/h5,7-8,10H,2-4,6,14H2,1H3. The Hall–Kier alpha value is -0.390. The quantitative estimate of drug-likeness (QED) is 0.911. The number of carbonyl (C=O) groups is 1. The number of carbonyl (C=O) groups excluding carboxylic acids is 1. The zero-order valence-corrected chi connectivity index (χ0v) is 12.3. The van der Waals surface area contributed by atoms with Gasteiger partial charge < -0.3 is 10.6 Å². The molecular weight excluding hydrogens is 300 g/mol. The lowest BCUT2D eigenvalue weighted by Crippen LogP contribution is -2.48. The van der Waals surface area contributed by atoms with Crippen molar-refractivity contribution in [2.24, 2.45) is 11.7 Å². The average Bonchev–Trinajstić information content (AvgIpc) is 2.75. The van der Waals surface area contributed by atoms with Gasteiger partial charge in [0.05, 0.1) is 9.35 Å². The molecule has 1 fully saturated rings. The number of nitrogens with zero attached hydrogens (tertiary/aromatic N) is 1. The molecule has 5 heteroatoms. The van der Waals surface area contributed by atoms with Crippen molar-refractivity contribution in [3.8, 4) is 0 Å². The summed E-state index contributed by atoms with van der Waals surface area (Å²) in [5.74, 6) is 0.576. The summed E-state index contributed by atoms with van der Waals surface area (Å²) in [5, 5.41) is 1.90. The number of thiophene rings is 1. The van der Waals surface area contributed by atoms with Crippen LogP contribution in [0.2, 0.25) is 0 Å². The molecular formula is C12H17BrN2OS. The number of piperidine rings is 1. The van der Waals surface area contributed by atoms with Crippen molar-refractivity contribution in [3.63, 3.8) is 0 Å². The summed E-state index contributed by atoms with van der Waals surface area (Å²) in [5.41, 5.74) is 6.84. The van der Waals surface area contributed by atoms with Gasteiger partial charge in [-0.2, -0.15) is 0 Å². The normalized spacial score (nSPS) is 25.0. The van der Waals surface area contributed by atoms with E-state index in [0.717, 1.165) is 35.3 Å². The molecule has 1 saturated heterocycles. The van der Waals surface area contributed by atoms with E-state index >= 15 is 0 Å². The SMILES string of the molecule is CCC1CN(C(=O)c2csc(Br)c2)CCC1N. The van der Waals surface area contributed by atoms with E-state index in [4.69, 9.17) is 5.73 Å². The number of likely N-dealkylation sites (tertiary alicyclic amines) is 1. The van der Waals surface area contributed by atoms with Gasteiger partial charge in [-0.25, -0.2) is 0 Å². The highest BCUT2D eigenvalue weighted by molar-refractivity contribution is 9.11. The van der Waals surface area contributed by atoms with Gasteiger partial charge in [0.25, 0.3) is 5.91 Å². The number of amides is 1. The van der Waals surface area contributed by atoms with E-state index < -0.39 is 0 Å². The Morgan fingerprint density at radius 1 is 1.71 bits per heavy atom. The molecule has 1 amide bonds. The summed E-state index contributed by atoms with van der Waals surface area (Å²) in [7, 11) is 0. The lowest BCUT2D eigenvalue weighted by atomic mass is 9.90. The number of nitrogens with two attached hydrogens (primary N) is 1. The minimum Gasteiger partial charge on any atom is -0.338 e. The van der Waals surface area contributed by atoms with Gasteiger partial charge in [-0.3, -0.25) is 4.79 Å². The fourth-order valence-corrected chi connectivity index (χ4v) is 3.40. The van der Waals surface area contributed by atoms with Gasteiger partial charge in [0.15, 0.2) is 0 Å². The van der Waals surface area contributed by atoms with Crippen LogP contribution in [0.4, 0.5) is 0 Å². The molecule has 2 N–H and O–H groups in total. The maximum atomic E-state index is 12.3. The third kappa shape index (κ3) is 2.89. The zero-order valence-electron chi connectivity index (χ0n) is 9.86. The van der Waals surface area contributed by atoms with Gasteiger partial charge in [-0.15, -0.1) is 11.3 Å². The van der Waals surface area contributed by atoms with Crippen LogP contribution in [0, 0.1) is 5.92 Å². The van der Waals surface area contributed by atoms with E-state index in [1.165, 1.54) is 0 Å². The highest BCUT2D eigenvalue weighted by atomic mass is 79.9. The lowest BCUT2D eigenvalue weighted by Gasteiger charge is -2.36. The molecule has 0 radical (unpaired) electrons. The van der Waals surface area contributed by atoms with Gasteiger partial charge in [0.1, 0.15) is 0 Å². The van der Waals surface area contributed by atoms with Crippen molar-refractivity contribution in [1.82, 2.24) is 4.90 Å². The van der Waals surface area contributed by atoms with Gasteiger partial charge in [0, 0.05) is 24.5 Å². The van der Waals surface area contributed by atoms with Crippen LogP contribution in [0.1, 0.15) is 30.1 Å². The van der Waals surface area contributed by atoms with Crippen molar-refractivity contribution < 1.29 is 4.79 Å². The number of rotatable bonds is 2. The predicted octanol–water partition coefficient (Wildman–Crippen LogP) is 2.71. The minimum atomic E-state index is 0.136. The second kappa shape index (κ2) is 5.50. The molecule has 0 aliphatic carbocycles. The number of halogens is 1. The molecule has 0 aromatic carbocycles. The van der Waals surface area contributed by atoms with Crippen LogP contribution in [-0.2, 0) is 0 Å². The summed E-state index contributed by atoms with van der Waals surface area (Å²) >= 11 is 4.94. The van der Waals surface area contributed by atoms with E-state index in [1.807, 2.05) is 16.3 Å². The molecule has 17 heavy (non-hydrogen) atoms. The fourth-order valence-electron chi connectivity index (χ4n) is 2.27. The van der Waals surface area contributed by atoms with E-state index in [2.05, 4.69) is 22.9 Å². The van der Waals surface area contributed by atoms with Crippen molar-refractivity contribution in [2.45, 2.75) is 25.8 Å². The molecule has 1 aromatic rings. The number of hydrogen-bond acceptors (Lipinski definition) is 3. The van der Waals surface area contributed by atoms with Crippen molar-refractivity contribution in [1.29, 1.82) is 0 Å². The van der Waals surface area contributed by atoms with Crippen molar-refractivity contribution in [3.05, 3.63) is 20.8 Å². The van der Waals surface area contributed by atoms with Gasteiger partial charge in [0.2, 0.25) is 0 Å². The second-order valence-corrected chi connectivity index (χ2v) is 6.80. The first-order valence-electron chi connectivity index (χ1n) is 5.90. The maximum absolute atomic E-state index is 12.3. The summed E-state index contributed by atoms with van der Waals surface area (Å²) in [6, 6.07) is 2.14. The van der Waals surface area contributed by atoms with Crippen LogP contribution in [0.3, 0.4) is 0 Å². The van der Waals surface area contributed by atoms with Gasteiger partial charge in [-0.05, 0) is 34.3 Å². The van der Waals surface area contributed by atoms with Crippen LogP contribution >= 0.6 is 27.3 Å². The summed E-state index contributed by atoms with van der Waals surface area (Å²) < 4.78 is 1.00. The first-order valence-corrected chi connectivity index (χ1v) is 7.58. The van der Waals surface area contributed by atoms with E-state index in [1.54, 1.807) is 11.3 Å². The molecule has 2 rings (SSSR count). The van der Waals surface area contributed by atoms with Crippen LogP contribution in [0.25, 0.3) is 0 Å². The van der Waals surface area contributed by atoms with Gasteiger partial charge in [-0.1, -0.05) is 13.3 Å². The molecule has 2 heterocycles. The molecule has 0 saturated carbocycles. The Labute approximate surface area is 114 Å². The predicted molar refractivity (Wildman–Crippen MR) is 74.3 cm³/mol. The highest BCUT2D eigenvalue weighted by Gasteiger charge is 2.28. The smallest absolute Gasteiger partial charge is 0.254 e.